The Labute approximate surface area is 173 Å². The van der Waals surface area contributed by atoms with Crippen molar-refractivity contribution in [2.45, 2.75) is 11.3 Å². The van der Waals surface area contributed by atoms with Gasteiger partial charge in [-0.3, -0.25) is 9.89 Å². The van der Waals surface area contributed by atoms with Gasteiger partial charge in [-0.25, -0.2) is 8.42 Å². The molecular weight excluding hydrogens is 467 g/mol. The summed E-state index contributed by atoms with van der Waals surface area (Å²) in [5.74, 6) is 0.779. The van der Waals surface area contributed by atoms with Gasteiger partial charge in [0.2, 0.25) is 0 Å². The number of aliphatic imine (C=N–C) groups is 1. The standard InChI is InChI=1S/C17H28N4O3S.HI/c1-18-17(20-9-10-21-11-13-24-14-12-21)19-8-7-15-3-5-16(6-4-15)25(2,22)23;/h3-6H,7-14H2,1-2H3,(H2,18,19,20);1H. The Morgan fingerprint density at radius 2 is 1.77 bits per heavy atom. The van der Waals surface area contributed by atoms with Gasteiger partial charge in [-0.15, -0.1) is 24.0 Å². The van der Waals surface area contributed by atoms with Crippen LogP contribution < -0.4 is 10.6 Å². The van der Waals surface area contributed by atoms with E-state index < -0.39 is 9.84 Å². The Balaban J connectivity index is 0.00000338. The lowest BCUT2D eigenvalue weighted by molar-refractivity contribution is 0.0389. The summed E-state index contributed by atoms with van der Waals surface area (Å²) >= 11 is 0. The van der Waals surface area contributed by atoms with Crippen LogP contribution in [0.25, 0.3) is 0 Å². The lowest BCUT2D eigenvalue weighted by atomic mass is 10.1. The summed E-state index contributed by atoms with van der Waals surface area (Å²) < 4.78 is 28.2. The van der Waals surface area contributed by atoms with Crippen molar-refractivity contribution >= 4 is 39.8 Å². The maximum absolute atomic E-state index is 11.5. The van der Waals surface area contributed by atoms with Gasteiger partial charge in [0.15, 0.2) is 15.8 Å². The van der Waals surface area contributed by atoms with E-state index in [2.05, 4.69) is 20.5 Å². The van der Waals surface area contributed by atoms with Crippen LogP contribution in [0.5, 0.6) is 0 Å². The number of halogens is 1. The van der Waals surface area contributed by atoms with Gasteiger partial charge in [0.25, 0.3) is 0 Å². The topological polar surface area (TPSA) is 83.0 Å². The van der Waals surface area contributed by atoms with E-state index >= 15 is 0 Å². The molecule has 1 aromatic carbocycles. The number of hydrogen-bond donors (Lipinski definition) is 2. The molecule has 26 heavy (non-hydrogen) atoms. The van der Waals surface area contributed by atoms with Crippen molar-refractivity contribution in [1.29, 1.82) is 0 Å². The number of morpholine rings is 1. The summed E-state index contributed by atoms with van der Waals surface area (Å²) in [7, 11) is -1.38. The lowest BCUT2D eigenvalue weighted by Crippen LogP contribution is -2.44. The zero-order chi connectivity index (χ0) is 18.1. The first-order valence-electron chi connectivity index (χ1n) is 8.52. The van der Waals surface area contributed by atoms with E-state index in [-0.39, 0.29) is 24.0 Å². The third kappa shape index (κ3) is 8.19. The Morgan fingerprint density at radius 3 is 2.35 bits per heavy atom. The minimum Gasteiger partial charge on any atom is -0.379 e. The van der Waals surface area contributed by atoms with Crippen LogP contribution >= 0.6 is 24.0 Å². The molecule has 0 amide bonds. The SMILES string of the molecule is CN=C(NCCc1ccc(S(C)(=O)=O)cc1)NCCN1CCOCC1.I. The van der Waals surface area contributed by atoms with E-state index in [1.165, 1.54) is 6.26 Å². The van der Waals surface area contributed by atoms with Crippen LogP contribution in [0.3, 0.4) is 0 Å². The average molecular weight is 496 g/mol. The van der Waals surface area contributed by atoms with Crippen LogP contribution in [0.4, 0.5) is 0 Å². The maximum atomic E-state index is 11.5. The molecule has 2 rings (SSSR count). The van der Waals surface area contributed by atoms with Crippen molar-refractivity contribution in [3.8, 4) is 0 Å². The third-order valence-electron chi connectivity index (χ3n) is 4.11. The van der Waals surface area contributed by atoms with E-state index in [1.54, 1.807) is 19.2 Å². The Morgan fingerprint density at radius 1 is 1.15 bits per heavy atom. The molecule has 1 aliphatic heterocycles. The average Bonchev–Trinajstić information content (AvgIpc) is 2.61. The highest BCUT2D eigenvalue weighted by molar-refractivity contribution is 14.0. The number of rotatable bonds is 7. The number of benzene rings is 1. The van der Waals surface area contributed by atoms with Crippen molar-refractivity contribution in [2.24, 2.45) is 4.99 Å². The van der Waals surface area contributed by atoms with Crippen LogP contribution in [-0.4, -0.2) is 78.5 Å². The molecule has 1 aromatic rings. The van der Waals surface area contributed by atoms with Gasteiger partial charge < -0.3 is 15.4 Å². The molecule has 0 aromatic heterocycles. The summed E-state index contributed by atoms with van der Waals surface area (Å²) in [6.45, 7) is 6.12. The van der Waals surface area contributed by atoms with E-state index in [9.17, 15) is 8.42 Å². The van der Waals surface area contributed by atoms with Gasteiger partial charge >= 0.3 is 0 Å². The van der Waals surface area contributed by atoms with Gasteiger partial charge in [-0.05, 0) is 24.1 Å². The van der Waals surface area contributed by atoms with E-state index in [0.29, 0.717) is 4.90 Å². The molecule has 1 heterocycles. The van der Waals surface area contributed by atoms with Crippen molar-refractivity contribution in [3.63, 3.8) is 0 Å². The maximum Gasteiger partial charge on any atom is 0.191 e. The van der Waals surface area contributed by atoms with Crippen molar-refractivity contribution in [3.05, 3.63) is 29.8 Å². The molecule has 148 valence electrons. The third-order valence-corrected chi connectivity index (χ3v) is 5.23. The molecule has 1 aliphatic rings. The van der Waals surface area contributed by atoms with Crippen molar-refractivity contribution in [1.82, 2.24) is 15.5 Å². The van der Waals surface area contributed by atoms with E-state index in [0.717, 1.165) is 63.9 Å². The van der Waals surface area contributed by atoms with Crippen molar-refractivity contribution in [2.75, 3.05) is 59.2 Å². The fourth-order valence-electron chi connectivity index (χ4n) is 2.61. The molecule has 2 N–H and O–H groups in total. The molecule has 0 aliphatic carbocycles. The first kappa shape index (κ1) is 23.1. The van der Waals surface area contributed by atoms with Crippen LogP contribution in [0.15, 0.2) is 34.2 Å². The van der Waals surface area contributed by atoms with E-state index in [1.807, 2.05) is 12.1 Å². The van der Waals surface area contributed by atoms with Gasteiger partial charge in [0, 0.05) is 46.0 Å². The number of nitrogens with zero attached hydrogens (tertiary/aromatic N) is 2. The number of ether oxygens (including phenoxy) is 1. The molecule has 1 saturated heterocycles. The molecule has 7 nitrogen and oxygen atoms in total. The quantitative estimate of drug-likeness (QED) is 0.330. The molecule has 9 heteroatoms. The number of nitrogens with one attached hydrogen (secondary N) is 2. The minimum atomic E-state index is -3.13. The summed E-state index contributed by atoms with van der Waals surface area (Å²) in [4.78, 5) is 6.94. The fourth-order valence-corrected chi connectivity index (χ4v) is 3.24. The summed E-state index contributed by atoms with van der Waals surface area (Å²) in [5, 5.41) is 6.59. The van der Waals surface area contributed by atoms with Gasteiger partial charge in [-0.2, -0.15) is 0 Å². The Hall–Kier alpha value is -0.910. The normalized spacial score (nSPS) is 16.0. The highest BCUT2D eigenvalue weighted by atomic mass is 127. The molecule has 0 bridgehead atoms. The predicted octanol–water partition coefficient (Wildman–Crippen LogP) is 0.748. The second-order valence-electron chi connectivity index (χ2n) is 6.05. The molecule has 0 spiro atoms. The monoisotopic (exact) mass is 496 g/mol. The zero-order valence-corrected chi connectivity index (χ0v) is 18.5. The summed E-state index contributed by atoms with van der Waals surface area (Å²) in [6, 6.07) is 7.01. The van der Waals surface area contributed by atoms with Crippen LogP contribution in [-0.2, 0) is 21.0 Å². The second-order valence-corrected chi connectivity index (χ2v) is 8.06. The summed E-state index contributed by atoms with van der Waals surface area (Å²) in [5.41, 5.74) is 1.09. The highest BCUT2D eigenvalue weighted by Gasteiger charge is 2.09. The van der Waals surface area contributed by atoms with Crippen LogP contribution in [0.2, 0.25) is 0 Å². The lowest BCUT2D eigenvalue weighted by Gasteiger charge is -2.26. The van der Waals surface area contributed by atoms with Crippen LogP contribution in [0.1, 0.15) is 5.56 Å². The molecular formula is C17H29IN4O3S. The molecule has 1 fully saturated rings. The second kappa shape index (κ2) is 11.7. The van der Waals surface area contributed by atoms with Crippen molar-refractivity contribution < 1.29 is 13.2 Å². The highest BCUT2D eigenvalue weighted by Crippen LogP contribution is 2.10. The van der Waals surface area contributed by atoms with Gasteiger partial charge in [-0.1, -0.05) is 12.1 Å². The first-order valence-corrected chi connectivity index (χ1v) is 10.4. The van der Waals surface area contributed by atoms with E-state index in [4.69, 9.17) is 4.74 Å². The smallest absolute Gasteiger partial charge is 0.191 e. The fraction of sp³-hybridized carbons (Fsp3) is 0.588. The first-order chi connectivity index (χ1) is 12.0. The molecule has 0 atom stereocenters. The largest absolute Gasteiger partial charge is 0.379 e. The number of hydrogen-bond acceptors (Lipinski definition) is 5. The number of sulfone groups is 1. The minimum absolute atomic E-state index is 0. The Kier molecular flexibility index (Phi) is 10.4. The molecule has 0 saturated carbocycles. The zero-order valence-electron chi connectivity index (χ0n) is 15.4. The molecule has 0 radical (unpaired) electrons. The van der Waals surface area contributed by atoms with Crippen LogP contribution in [0, 0.1) is 0 Å². The Bertz CT molecular complexity index is 659. The predicted molar refractivity (Wildman–Crippen MR) is 115 cm³/mol. The molecule has 0 unspecified atom stereocenters. The van der Waals surface area contributed by atoms with Gasteiger partial charge in [0.05, 0.1) is 18.1 Å². The van der Waals surface area contributed by atoms with Gasteiger partial charge in [0.1, 0.15) is 0 Å². The number of guanidine groups is 1. The summed E-state index contributed by atoms with van der Waals surface area (Å²) in [6.07, 6.45) is 2.02.